The van der Waals surface area contributed by atoms with Gasteiger partial charge in [0.2, 0.25) is 0 Å². The summed E-state index contributed by atoms with van der Waals surface area (Å²) in [7, 11) is 0. The highest BCUT2D eigenvalue weighted by atomic mass is 19.1. The minimum absolute atomic E-state index is 0.0481. The van der Waals surface area contributed by atoms with Crippen LogP contribution in [0.5, 0.6) is 0 Å². The van der Waals surface area contributed by atoms with Crippen molar-refractivity contribution in [3.05, 3.63) is 65.2 Å². The molecule has 0 fully saturated rings. The van der Waals surface area contributed by atoms with Gasteiger partial charge >= 0.3 is 0 Å². The fraction of sp³-hybridized carbons (Fsp3) is 0.0714. The first kappa shape index (κ1) is 12.2. The first-order chi connectivity index (χ1) is 8.54. The first-order valence-electron chi connectivity index (χ1n) is 5.39. The van der Waals surface area contributed by atoms with Crippen LogP contribution >= 0.6 is 0 Å². The summed E-state index contributed by atoms with van der Waals surface area (Å²) in [5.74, 6) is -2.09. The zero-order chi connectivity index (χ0) is 13.1. The van der Waals surface area contributed by atoms with E-state index in [0.717, 1.165) is 23.8 Å². The summed E-state index contributed by atoms with van der Waals surface area (Å²) in [6, 6.07) is 9.83. The van der Waals surface area contributed by atoms with Crippen LogP contribution in [-0.2, 0) is 0 Å². The lowest BCUT2D eigenvalue weighted by atomic mass is 10.2. The molecule has 0 radical (unpaired) electrons. The molecule has 0 saturated heterocycles. The maximum atomic E-state index is 13.0. The van der Waals surface area contributed by atoms with E-state index in [1.807, 2.05) is 19.1 Å². The normalized spacial score (nSPS) is 10.2. The molecule has 0 bridgehead atoms. The van der Waals surface area contributed by atoms with Gasteiger partial charge in [0.05, 0.1) is 0 Å². The largest absolute Gasteiger partial charge is 0.322 e. The molecule has 1 amide bonds. The number of amides is 1. The Balaban J connectivity index is 2.19. The first-order valence-corrected chi connectivity index (χ1v) is 5.39. The van der Waals surface area contributed by atoms with Crippen molar-refractivity contribution in [2.45, 2.75) is 6.92 Å². The monoisotopic (exact) mass is 247 g/mol. The Morgan fingerprint density at radius 3 is 2.11 bits per heavy atom. The van der Waals surface area contributed by atoms with Gasteiger partial charge < -0.3 is 5.32 Å². The molecule has 2 aromatic rings. The fourth-order valence-electron chi connectivity index (χ4n) is 1.53. The zero-order valence-corrected chi connectivity index (χ0v) is 9.71. The van der Waals surface area contributed by atoms with Crippen LogP contribution in [0.25, 0.3) is 0 Å². The van der Waals surface area contributed by atoms with Gasteiger partial charge in [-0.1, -0.05) is 17.7 Å². The van der Waals surface area contributed by atoms with Gasteiger partial charge in [-0.2, -0.15) is 0 Å². The predicted molar refractivity (Wildman–Crippen MR) is 65.5 cm³/mol. The molecule has 2 nitrogen and oxygen atoms in total. The summed E-state index contributed by atoms with van der Waals surface area (Å²) >= 11 is 0. The lowest BCUT2D eigenvalue weighted by molar-refractivity contribution is 0.102. The van der Waals surface area contributed by atoms with E-state index in [-0.39, 0.29) is 5.56 Å². The van der Waals surface area contributed by atoms with Crippen molar-refractivity contribution in [3.8, 4) is 0 Å². The van der Waals surface area contributed by atoms with Gasteiger partial charge in [0.1, 0.15) is 11.6 Å². The minimum Gasteiger partial charge on any atom is -0.322 e. The number of carbonyl (C=O) groups excluding carboxylic acids is 1. The average Bonchev–Trinajstić information content (AvgIpc) is 2.31. The van der Waals surface area contributed by atoms with Crippen LogP contribution in [0, 0.1) is 18.6 Å². The average molecular weight is 247 g/mol. The van der Waals surface area contributed by atoms with Crippen LogP contribution in [0.1, 0.15) is 15.9 Å². The molecule has 0 saturated carbocycles. The Hall–Kier alpha value is -2.23. The smallest absolute Gasteiger partial charge is 0.255 e. The van der Waals surface area contributed by atoms with E-state index < -0.39 is 17.5 Å². The van der Waals surface area contributed by atoms with Gasteiger partial charge in [0.25, 0.3) is 5.91 Å². The molecule has 0 aromatic heterocycles. The molecular weight excluding hydrogens is 236 g/mol. The third kappa shape index (κ3) is 2.91. The summed E-state index contributed by atoms with van der Waals surface area (Å²) in [6.45, 7) is 1.92. The van der Waals surface area contributed by atoms with Crippen LogP contribution < -0.4 is 5.32 Å². The summed E-state index contributed by atoms with van der Waals surface area (Å²) in [5.41, 5.74) is 1.59. The number of carbonyl (C=O) groups is 1. The second-order valence-corrected chi connectivity index (χ2v) is 3.98. The van der Waals surface area contributed by atoms with Crippen molar-refractivity contribution in [1.29, 1.82) is 0 Å². The molecular formula is C14H11F2NO. The van der Waals surface area contributed by atoms with Crippen LogP contribution in [0.3, 0.4) is 0 Å². The molecule has 2 rings (SSSR count). The predicted octanol–water partition coefficient (Wildman–Crippen LogP) is 3.53. The van der Waals surface area contributed by atoms with Gasteiger partial charge in [-0.05, 0) is 31.2 Å². The van der Waals surface area contributed by atoms with E-state index in [1.54, 1.807) is 12.1 Å². The molecule has 0 aliphatic carbocycles. The molecule has 18 heavy (non-hydrogen) atoms. The van der Waals surface area contributed by atoms with Crippen molar-refractivity contribution < 1.29 is 13.6 Å². The Bertz CT molecular complexity index is 559. The lowest BCUT2D eigenvalue weighted by Crippen LogP contribution is -2.12. The van der Waals surface area contributed by atoms with Gasteiger partial charge in [-0.15, -0.1) is 0 Å². The molecule has 0 atom stereocenters. The molecule has 0 heterocycles. The summed E-state index contributed by atoms with van der Waals surface area (Å²) in [4.78, 5) is 11.8. The Morgan fingerprint density at radius 2 is 1.56 bits per heavy atom. The van der Waals surface area contributed by atoms with Crippen LogP contribution in [-0.4, -0.2) is 5.91 Å². The summed E-state index contributed by atoms with van der Waals surface area (Å²) < 4.78 is 25.9. The van der Waals surface area contributed by atoms with Crippen molar-refractivity contribution in [1.82, 2.24) is 0 Å². The second-order valence-electron chi connectivity index (χ2n) is 3.98. The van der Waals surface area contributed by atoms with E-state index in [9.17, 15) is 13.6 Å². The van der Waals surface area contributed by atoms with Gasteiger partial charge in [-0.25, -0.2) is 8.78 Å². The van der Waals surface area contributed by atoms with Crippen molar-refractivity contribution >= 4 is 11.6 Å². The van der Waals surface area contributed by atoms with Crippen molar-refractivity contribution in [2.75, 3.05) is 5.32 Å². The van der Waals surface area contributed by atoms with Crippen molar-refractivity contribution in [2.24, 2.45) is 0 Å². The Labute approximate surface area is 103 Å². The highest BCUT2D eigenvalue weighted by molar-refractivity contribution is 6.04. The van der Waals surface area contributed by atoms with Crippen LogP contribution in [0.2, 0.25) is 0 Å². The number of anilines is 1. The lowest BCUT2D eigenvalue weighted by Gasteiger charge is -2.05. The maximum absolute atomic E-state index is 13.0. The highest BCUT2D eigenvalue weighted by Gasteiger charge is 2.09. The SMILES string of the molecule is Cc1ccc(NC(=O)c2cc(F)cc(F)c2)cc1. The Morgan fingerprint density at radius 1 is 1.00 bits per heavy atom. The zero-order valence-electron chi connectivity index (χ0n) is 9.71. The molecule has 2 aromatic carbocycles. The molecule has 0 aliphatic rings. The van der Waals surface area contributed by atoms with E-state index in [2.05, 4.69) is 5.32 Å². The summed E-state index contributed by atoms with van der Waals surface area (Å²) in [5, 5.41) is 2.57. The maximum Gasteiger partial charge on any atom is 0.255 e. The number of hydrogen-bond donors (Lipinski definition) is 1. The van der Waals surface area contributed by atoms with Gasteiger partial charge in [-0.3, -0.25) is 4.79 Å². The number of aryl methyl sites for hydroxylation is 1. The molecule has 0 unspecified atom stereocenters. The van der Waals surface area contributed by atoms with Crippen LogP contribution in [0.4, 0.5) is 14.5 Å². The summed E-state index contributed by atoms with van der Waals surface area (Å²) in [6.07, 6.45) is 0. The molecule has 4 heteroatoms. The third-order valence-electron chi connectivity index (χ3n) is 2.43. The van der Waals surface area contributed by atoms with Gasteiger partial charge in [0, 0.05) is 17.3 Å². The molecule has 0 spiro atoms. The minimum atomic E-state index is -0.774. The topological polar surface area (TPSA) is 29.1 Å². The quantitative estimate of drug-likeness (QED) is 0.864. The van der Waals surface area contributed by atoms with E-state index in [1.165, 1.54) is 0 Å². The standard InChI is InChI=1S/C14H11F2NO/c1-9-2-4-13(5-3-9)17-14(18)10-6-11(15)8-12(16)7-10/h2-8H,1H3,(H,17,18). The molecule has 0 aliphatic heterocycles. The van der Waals surface area contributed by atoms with E-state index in [4.69, 9.17) is 0 Å². The second kappa shape index (κ2) is 4.96. The van der Waals surface area contributed by atoms with E-state index in [0.29, 0.717) is 5.69 Å². The fourth-order valence-corrected chi connectivity index (χ4v) is 1.53. The number of benzene rings is 2. The highest BCUT2D eigenvalue weighted by Crippen LogP contribution is 2.13. The van der Waals surface area contributed by atoms with E-state index >= 15 is 0 Å². The third-order valence-corrected chi connectivity index (χ3v) is 2.43. The number of halogens is 2. The molecule has 1 N–H and O–H groups in total. The van der Waals surface area contributed by atoms with Crippen molar-refractivity contribution in [3.63, 3.8) is 0 Å². The van der Waals surface area contributed by atoms with Gasteiger partial charge in [0.15, 0.2) is 0 Å². The Kier molecular flexibility index (Phi) is 3.37. The number of nitrogens with one attached hydrogen (secondary N) is 1. The van der Waals surface area contributed by atoms with Crippen LogP contribution in [0.15, 0.2) is 42.5 Å². The molecule has 92 valence electrons. The number of hydrogen-bond acceptors (Lipinski definition) is 1. The number of rotatable bonds is 2.